The molecular formula is C104H109N26O2Pt5-. The summed E-state index contributed by atoms with van der Waals surface area (Å²) in [6, 6.07) is 75.2. The van der Waals surface area contributed by atoms with Crippen molar-refractivity contribution < 1.29 is 115 Å². The maximum Gasteiger partial charge on any atom is 2.00 e. The molecule has 137 heavy (non-hydrogen) atoms. The molecule has 1 N–H and O–H groups in total. The van der Waals surface area contributed by atoms with Crippen LogP contribution in [0.3, 0.4) is 0 Å². The summed E-state index contributed by atoms with van der Waals surface area (Å²) in [5.41, 5.74) is 23.6. The molecule has 0 aliphatic heterocycles. The summed E-state index contributed by atoms with van der Waals surface area (Å²) in [5, 5.41) is 58.1. The molecule has 718 valence electrons. The van der Waals surface area contributed by atoms with Crippen LogP contribution in [0.4, 0.5) is 0 Å². The van der Waals surface area contributed by atoms with Gasteiger partial charge in [0, 0.05) is 150 Å². The summed E-state index contributed by atoms with van der Waals surface area (Å²) >= 11 is 0. The number of aliphatic hydroxyl groups excluding tert-OH is 1. The van der Waals surface area contributed by atoms with Crippen molar-refractivity contribution in [2.24, 2.45) is 0 Å². The molecule has 0 saturated heterocycles. The van der Waals surface area contributed by atoms with Gasteiger partial charge in [-0.1, -0.05) is 204 Å². The molecule has 0 bridgehead atoms. The molecule has 18 aromatic rings. The number of hydrogen-bond acceptors (Lipinski definition) is 22. The minimum Gasteiger partial charge on any atom is -0.574 e. The number of ketones is 1. The number of benzene rings is 3. The second-order valence-corrected chi connectivity index (χ2v) is 34.9. The molecule has 1 aliphatic carbocycles. The van der Waals surface area contributed by atoms with Crippen LogP contribution in [0.1, 0.15) is 170 Å². The fourth-order valence-corrected chi connectivity index (χ4v) is 12.2. The van der Waals surface area contributed by atoms with Crippen LogP contribution in [-0.4, -0.2) is 117 Å². The van der Waals surface area contributed by atoms with Gasteiger partial charge in [0.05, 0.1) is 34.6 Å². The molecule has 0 radical (unpaired) electrons. The van der Waals surface area contributed by atoms with Gasteiger partial charge >= 0.3 is 84.3 Å². The van der Waals surface area contributed by atoms with E-state index in [1.54, 1.807) is 69.0 Å². The summed E-state index contributed by atoms with van der Waals surface area (Å²) in [5.74, 6) is 0.0370. The van der Waals surface area contributed by atoms with Crippen LogP contribution in [0.15, 0.2) is 294 Å². The molecule has 1 atom stereocenters. The number of Topliss-reactive ketones (excluding diaryl/α,β-unsaturated/α-hetero) is 1. The number of fused-ring (bicyclic) bond motifs is 1. The molecule has 0 fully saturated rings. The normalized spacial score (nSPS) is 11.4. The Labute approximate surface area is 874 Å². The first kappa shape index (κ1) is 115. The van der Waals surface area contributed by atoms with E-state index in [1.807, 2.05) is 213 Å². The van der Waals surface area contributed by atoms with Crippen LogP contribution in [-0.2, 0) is 144 Å². The predicted octanol–water partition coefficient (Wildman–Crippen LogP) is 18.7. The van der Waals surface area contributed by atoms with Gasteiger partial charge in [0.25, 0.3) is 0 Å². The third-order valence-corrected chi connectivity index (χ3v) is 19.2. The van der Waals surface area contributed by atoms with Gasteiger partial charge in [-0.3, -0.25) is 9.78 Å². The first-order chi connectivity index (χ1) is 63.4. The van der Waals surface area contributed by atoms with Crippen molar-refractivity contribution >= 4 is 5.78 Å². The zero-order chi connectivity index (χ0) is 94.4. The van der Waals surface area contributed by atoms with E-state index in [4.69, 9.17) is 5.11 Å². The number of rotatable bonds is 11. The van der Waals surface area contributed by atoms with Crippen LogP contribution in [0.5, 0.6) is 0 Å². The number of aliphatic hydroxyl groups is 1. The third-order valence-electron chi connectivity index (χ3n) is 19.2. The van der Waals surface area contributed by atoms with E-state index in [0.29, 0.717) is 0 Å². The van der Waals surface area contributed by atoms with E-state index in [9.17, 15) is 4.79 Å². The second kappa shape index (κ2) is 57.9. The summed E-state index contributed by atoms with van der Waals surface area (Å²) in [7, 11) is 0. The summed E-state index contributed by atoms with van der Waals surface area (Å²) in [4.78, 5) is 67.1. The van der Waals surface area contributed by atoms with E-state index in [1.165, 1.54) is 50.6 Å². The van der Waals surface area contributed by atoms with Gasteiger partial charge in [-0.05, 0) is 123 Å². The average molecular weight is 2730 g/mol. The number of aromatic nitrogens is 26. The predicted molar refractivity (Wildman–Crippen MR) is 512 cm³/mol. The smallest absolute Gasteiger partial charge is 0.574 e. The Balaban J connectivity index is 0.000000269. The van der Waals surface area contributed by atoms with Gasteiger partial charge in [-0.15, -0.1) is 108 Å². The number of pyridine rings is 4. The number of aryl methyl sites for hydroxylation is 1. The van der Waals surface area contributed by atoms with Crippen molar-refractivity contribution in [3.8, 4) is 102 Å². The molecule has 0 amide bonds. The number of nitrogens with zero attached hydrogens (tertiary/aromatic N) is 26. The monoisotopic (exact) mass is 2730 g/mol. The Morgan fingerprint density at radius 3 is 0.883 bits per heavy atom. The topological polar surface area (TPSA) is 380 Å². The Kier molecular flexibility index (Phi) is 48.8. The Bertz CT molecular complexity index is 5650. The van der Waals surface area contributed by atoms with Crippen molar-refractivity contribution in [3.63, 3.8) is 0 Å². The van der Waals surface area contributed by atoms with E-state index < -0.39 is 6.10 Å². The zero-order valence-electron chi connectivity index (χ0n) is 79.2. The van der Waals surface area contributed by atoms with Crippen molar-refractivity contribution in [2.45, 2.75) is 177 Å². The van der Waals surface area contributed by atoms with Gasteiger partial charge in [0.1, 0.15) is 37.4 Å². The molecule has 1 aliphatic rings. The van der Waals surface area contributed by atoms with Crippen molar-refractivity contribution in [2.75, 3.05) is 0 Å². The molecule has 0 saturated carbocycles. The van der Waals surface area contributed by atoms with E-state index in [2.05, 4.69) is 246 Å². The molecule has 1 unspecified atom stereocenters. The largest absolute Gasteiger partial charge is 2.00 e. The van der Waals surface area contributed by atoms with Crippen LogP contribution in [0.2, 0.25) is 0 Å². The van der Waals surface area contributed by atoms with Crippen LogP contribution >= 0.6 is 0 Å². The molecule has 19 rings (SSSR count). The molecular weight excluding hydrogens is 2620 g/mol. The fraction of sp³-hybridized carbons (Fsp3) is 0.260. The quantitative estimate of drug-likeness (QED) is 0.118. The Morgan fingerprint density at radius 1 is 0.365 bits per heavy atom. The van der Waals surface area contributed by atoms with Gasteiger partial charge in [-0.25, -0.2) is 49.8 Å². The Hall–Kier alpha value is -12.0. The first-order valence-electron chi connectivity index (χ1n) is 42.9. The fourth-order valence-electron chi connectivity index (χ4n) is 12.2. The van der Waals surface area contributed by atoms with Gasteiger partial charge in [-0.2, -0.15) is 0 Å². The molecule has 33 heteroatoms. The summed E-state index contributed by atoms with van der Waals surface area (Å²) < 4.78 is 0. The van der Waals surface area contributed by atoms with Gasteiger partial charge in [0.2, 0.25) is 0 Å². The van der Waals surface area contributed by atoms with Crippen LogP contribution in [0.25, 0.3) is 102 Å². The van der Waals surface area contributed by atoms with Crippen molar-refractivity contribution in [3.05, 3.63) is 352 Å². The summed E-state index contributed by atoms with van der Waals surface area (Å²) in [6.07, 6.45) is 26.5. The van der Waals surface area contributed by atoms with E-state index >= 15 is 0 Å². The standard InChI is InChI=1S/C13H15N4.C12H14N3.3C11H13N4.3C11H8N.C8H7N4.C5H10O2.5Pt/c1-13(2)6-3-4-9-11(16-17-12(9)13)10-5-7-14-8-15-10;1-12(2,3)11-8-10(14-15-11)9-6-4-5-7-13-9;3*1-11(2,3)10-6-9(14-15-10)8-4-5-12-7-13-8;3*1-2-6-10(7-3-1)11-8-4-5-9-12-11;1-6-4-8(12-11-6)7-2-3-9-5-10-7;1-4(6)3-5(2)7;;;;;/h5,7-8H,3-4,6H2,1-2H3;4-8H,1-3H3;3*4-7H,1-3H3;3*1-6,8-9H;2-5H,1H3;4,6H,3H2,1-2H3;;;;;/q9*-1;;;4*+2. The summed E-state index contributed by atoms with van der Waals surface area (Å²) in [6.45, 7) is 34.8. The minimum atomic E-state index is -0.475. The van der Waals surface area contributed by atoms with Crippen LogP contribution < -0.4 is 30.6 Å². The molecule has 15 aromatic heterocycles. The number of carbonyl (C=O) groups is 1. The number of hydrogen-bond donors (Lipinski definition) is 1. The first-order valence-corrected chi connectivity index (χ1v) is 42.9. The zero-order valence-corrected chi connectivity index (χ0v) is 90.5. The maximum absolute atomic E-state index is 10.1. The second-order valence-electron chi connectivity index (χ2n) is 34.9. The third kappa shape index (κ3) is 38.5. The van der Waals surface area contributed by atoms with Gasteiger partial charge in [0.15, 0.2) is 0 Å². The average Bonchev–Trinajstić information content (AvgIpc) is 1.63. The van der Waals surface area contributed by atoms with E-state index in [0.717, 1.165) is 143 Å². The molecule has 3 aromatic carbocycles. The number of carbonyl (C=O) groups excluding carboxylic acids is 1. The molecule has 0 spiro atoms. The Morgan fingerprint density at radius 2 is 0.650 bits per heavy atom. The van der Waals surface area contributed by atoms with E-state index in [-0.39, 0.29) is 145 Å². The maximum atomic E-state index is 10.1. The minimum absolute atomic E-state index is 0. The van der Waals surface area contributed by atoms with Crippen LogP contribution in [0, 0.1) is 25.1 Å². The molecule has 28 nitrogen and oxygen atoms in total. The van der Waals surface area contributed by atoms with Crippen molar-refractivity contribution in [1.82, 2.24) is 131 Å². The van der Waals surface area contributed by atoms with Crippen molar-refractivity contribution in [1.29, 1.82) is 0 Å². The molecule has 15 heterocycles. The van der Waals surface area contributed by atoms with Gasteiger partial charge < -0.3 is 81.2 Å². The SMILES string of the molecule is CC(=O)CC(C)O.CC(C)(C)c1cc(-c2ccccn2)[n-]n1.CC(C)(C)c1cc(-c2ccncn2)[n-]n1.CC(C)(C)c1cc(-c2ccncn2)[n-]n1.CC(C)(C)c1cc(-c2ccncn2)[n-]n1.CC1(C)CCCc2c1n[n-]c2-c1ccncn1.Cc1cc(-c2ccncn2)[n-]n1.[Pt+2].[Pt+2].[Pt+2].[Pt+2].[Pt].[c-]1ccccc1-c1ccccn1.[c-]1ccccc1-c1ccccn1.[c-]1ccccc1-c1ccccn1.